The third-order valence-corrected chi connectivity index (χ3v) is 4.27. The minimum atomic E-state index is 0. The molecule has 0 aliphatic heterocycles. The van der Waals surface area contributed by atoms with Crippen LogP contribution in [-0.4, -0.2) is 5.78 Å². The van der Waals surface area contributed by atoms with Crippen molar-refractivity contribution in [3.8, 4) is 0 Å². The summed E-state index contributed by atoms with van der Waals surface area (Å²) in [6, 6.07) is 4.29. The summed E-state index contributed by atoms with van der Waals surface area (Å²) in [6.45, 7) is 8.42. The Balaban J connectivity index is 0.00000441. The fourth-order valence-electron chi connectivity index (χ4n) is 2.98. The molecule has 22 heavy (non-hydrogen) atoms. The molecule has 0 aliphatic rings. The predicted molar refractivity (Wildman–Crippen MR) is 92.3 cm³/mol. The van der Waals surface area contributed by atoms with Crippen molar-refractivity contribution in [2.24, 2.45) is 0 Å². The van der Waals surface area contributed by atoms with E-state index in [0.717, 1.165) is 24.8 Å². The summed E-state index contributed by atoms with van der Waals surface area (Å²) >= 11 is 0. The second-order valence-electron chi connectivity index (χ2n) is 6.10. The molecule has 0 aliphatic carbocycles. The number of hydrogen-bond donors (Lipinski definition) is 0. The van der Waals surface area contributed by atoms with Gasteiger partial charge in [0.25, 0.3) is 0 Å². The van der Waals surface area contributed by atoms with E-state index in [0.29, 0.717) is 0 Å². The summed E-state index contributed by atoms with van der Waals surface area (Å²) < 4.78 is 0. The Morgan fingerprint density at radius 3 is 1.82 bits per heavy atom. The van der Waals surface area contributed by atoms with Gasteiger partial charge in [0.15, 0.2) is 5.78 Å². The van der Waals surface area contributed by atoms with E-state index in [1.54, 1.807) is 6.92 Å². The fourth-order valence-corrected chi connectivity index (χ4v) is 2.98. The smallest absolute Gasteiger partial charge is 0.160 e. The normalized spacial score (nSPS) is 10.4. The second-order valence-corrected chi connectivity index (χ2v) is 6.10. The van der Waals surface area contributed by atoms with Crippen molar-refractivity contribution in [1.82, 2.24) is 0 Å². The zero-order valence-electron chi connectivity index (χ0n) is 14.8. The van der Waals surface area contributed by atoms with Crippen molar-refractivity contribution < 1.29 is 21.9 Å². The van der Waals surface area contributed by atoms with Crippen molar-refractivity contribution in [2.45, 2.75) is 85.5 Å². The summed E-state index contributed by atoms with van der Waals surface area (Å²) in [4.78, 5) is 12.0. The van der Waals surface area contributed by atoms with Crippen LogP contribution in [0.4, 0.5) is 0 Å². The van der Waals surface area contributed by atoms with Crippen molar-refractivity contribution >= 4 is 5.78 Å². The maximum absolute atomic E-state index is 12.0. The molecule has 0 aromatic heterocycles. The Kier molecular flexibility index (Phi) is 11.6. The van der Waals surface area contributed by atoms with Gasteiger partial charge in [0.05, 0.1) is 0 Å². The van der Waals surface area contributed by atoms with Crippen LogP contribution in [0, 0.1) is 0 Å². The first-order valence-electron chi connectivity index (χ1n) is 8.80. The van der Waals surface area contributed by atoms with Gasteiger partial charge in [-0.25, -0.2) is 0 Å². The molecule has 1 aromatic carbocycles. The number of carbonyl (C=O) groups excluding carboxylic acids is 1. The first-order chi connectivity index (χ1) is 10.2. The van der Waals surface area contributed by atoms with Gasteiger partial charge >= 0.3 is 0 Å². The van der Waals surface area contributed by atoms with Crippen molar-refractivity contribution in [3.05, 3.63) is 34.4 Å². The molecular weight excluding hydrogens is 312 g/mol. The largest absolute Gasteiger partial charge is 0.295 e. The summed E-state index contributed by atoms with van der Waals surface area (Å²) in [6.07, 6.45) is 10.6. The van der Waals surface area contributed by atoms with Gasteiger partial charge in [0.2, 0.25) is 0 Å². The van der Waals surface area contributed by atoms with Crippen LogP contribution in [0.5, 0.6) is 0 Å². The number of unbranched alkanes of at least 4 members (excludes halogenated alkanes) is 3. The Morgan fingerprint density at radius 1 is 0.818 bits per heavy atom. The standard InChI is InChI=1S/C20H32O.Fe/c1-5-8-11-17-14-15-18(16(4)21)20(13-10-7-3)19(17)12-9-6-2;/h14-15H,5-13H2,1-4H3;. The molecule has 0 radical (unpaired) electrons. The van der Waals surface area contributed by atoms with Gasteiger partial charge in [-0.2, -0.15) is 0 Å². The average molecular weight is 344 g/mol. The van der Waals surface area contributed by atoms with Gasteiger partial charge in [-0.05, 0) is 62.1 Å². The molecule has 0 spiro atoms. The molecule has 0 atom stereocenters. The number of carbonyl (C=O) groups is 1. The number of hydrogen-bond acceptors (Lipinski definition) is 1. The first kappa shape index (κ1) is 21.4. The number of ketones is 1. The van der Waals surface area contributed by atoms with Gasteiger partial charge in [-0.15, -0.1) is 0 Å². The fraction of sp³-hybridized carbons (Fsp3) is 0.650. The van der Waals surface area contributed by atoms with E-state index in [9.17, 15) is 4.79 Å². The topological polar surface area (TPSA) is 17.1 Å². The molecule has 1 aromatic rings. The number of rotatable bonds is 10. The quantitative estimate of drug-likeness (QED) is 0.381. The van der Waals surface area contributed by atoms with E-state index in [1.807, 2.05) is 0 Å². The van der Waals surface area contributed by atoms with Crippen LogP contribution in [0.15, 0.2) is 12.1 Å². The maximum Gasteiger partial charge on any atom is 0.160 e. The van der Waals surface area contributed by atoms with Gasteiger partial charge in [0.1, 0.15) is 0 Å². The summed E-state index contributed by atoms with van der Waals surface area (Å²) in [5.41, 5.74) is 5.30. The average Bonchev–Trinajstić information content (AvgIpc) is 2.48. The molecule has 1 rings (SSSR count). The maximum atomic E-state index is 12.0. The number of aryl methyl sites for hydroxylation is 1. The van der Waals surface area contributed by atoms with E-state index in [4.69, 9.17) is 0 Å². The second kappa shape index (κ2) is 11.9. The summed E-state index contributed by atoms with van der Waals surface area (Å²) in [5, 5.41) is 0. The van der Waals surface area contributed by atoms with Crippen molar-refractivity contribution in [2.75, 3.05) is 0 Å². The molecule has 0 fully saturated rings. The third kappa shape index (κ3) is 6.26. The zero-order valence-corrected chi connectivity index (χ0v) is 15.9. The van der Waals surface area contributed by atoms with Gasteiger partial charge < -0.3 is 0 Å². The summed E-state index contributed by atoms with van der Waals surface area (Å²) in [5.74, 6) is 0.223. The molecule has 1 nitrogen and oxygen atoms in total. The van der Waals surface area contributed by atoms with Crippen LogP contribution in [0.25, 0.3) is 0 Å². The Morgan fingerprint density at radius 2 is 1.32 bits per heavy atom. The van der Waals surface area contributed by atoms with Crippen LogP contribution in [-0.2, 0) is 36.3 Å². The Bertz CT molecular complexity index is 451. The molecule has 0 heterocycles. The van der Waals surface area contributed by atoms with Crippen LogP contribution in [0.2, 0.25) is 0 Å². The van der Waals surface area contributed by atoms with E-state index in [-0.39, 0.29) is 22.9 Å². The van der Waals surface area contributed by atoms with Crippen LogP contribution < -0.4 is 0 Å². The van der Waals surface area contributed by atoms with E-state index in [1.165, 1.54) is 55.2 Å². The van der Waals surface area contributed by atoms with Crippen molar-refractivity contribution in [1.29, 1.82) is 0 Å². The SMILES string of the molecule is CCCCc1ccc(C(C)=O)c(CCCC)c1CCCC.[Fe]. The van der Waals surface area contributed by atoms with Crippen LogP contribution in [0.3, 0.4) is 0 Å². The monoisotopic (exact) mass is 344 g/mol. The molecule has 126 valence electrons. The van der Waals surface area contributed by atoms with E-state index < -0.39 is 0 Å². The molecular formula is C20H32FeO. The number of benzene rings is 1. The van der Waals surface area contributed by atoms with Crippen LogP contribution >= 0.6 is 0 Å². The molecule has 2 heteroatoms. The van der Waals surface area contributed by atoms with Gasteiger partial charge in [0, 0.05) is 22.6 Å². The number of Topliss-reactive ketones (excluding diaryl/α,β-unsaturated/α-hetero) is 1. The van der Waals surface area contributed by atoms with Gasteiger partial charge in [-0.3, -0.25) is 4.79 Å². The minimum absolute atomic E-state index is 0. The van der Waals surface area contributed by atoms with E-state index >= 15 is 0 Å². The van der Waals surface area contributed by atoms with Crippen LogP contribution in [0.1, 0.15) is 93.3 Å². The van der Waals surface area contributed by atoms with Gasteiger partial charge in [-0.1, -0.05) is 52.2 Å². The molecule has 0 amide bonds. The zero-order chi connectivity index (χ0) is 15.7. The van der Waals surface area contributed by atoms with Crippen molar-refractivity contribution in [3.63, 3.8) is 0 Å². The first-order valence-corrected chi connectivity index (χ1v) is 8.80. The third-order valence-electron chi connectivity index (χ3n) is 4.27. The molecule has 0 unspecified atom stereocenters. The molecule has 0 saturated heterocycles. The minimum Gasteiger partial charge on any atom is -0.295 e. The Hall–Kier alpha value is -0.591. The summed E-state index contributed by atoms with van der Waals surface area (Å²) in [7, 11) is 0. The molecule has 0 bridgehead atoms. The van der Waals surface area contributed by atoms with E-state index in [2.05, 4.69) is 32.9 Å². The molecule has 0 N–H and O–H groups in total. The Labute approximate surface area is 147 Å². The molecule has 0 saturated carbocycles. The predicted octanol–water partition coefficient (Wildman–Crippen LogP) is 5.91.